The molecule has 1 aromatic carbocycles. The van der Waals surface area contributed by atoms with E-state index < -0.39 is 0 Å². The van der Waals surface area contributed by atoms with E-state index in [9.17, 15) is 4.79 Å². The van der Waals surface area contributed by atoms with Crippen LogP contribution in [-0.4, -0.2) is 20.7 Å². The standard InChI is InChI=1S/C21H26N4O/c1-12(2)19-10-16(17-11-22-25(13(3)4)20(17)23-19)21(26)24-18-9-7-8-14(5)15(18)6/h7-13H,1-6H3,(H,24,26). The Balaban J connectivity index is 2.11. The smallest absolute Gasteiger partial charge is 0.256 e. The third-order valence-corrected chi connectivity index (χ3v) is 4.76. The maximum Gasteiger partial charge on any atom is 0.256 e. The molecule has 0 unspecified atom stereocenters. The summed E-state index contributed by atoms with van der Waals surface area (Å²) in [5.74, 6) is 0.0958. The first-order chi connectivity index (χ1) is 12.3. The highest BCUT2D eigenvalue weighted by molar-refractivity contribution is 6.12. The second kappa shape index (κ2) is 6.90. The van der Waals surface area contributed by atoms with Crippen molar-refractivity contribution in [3.63, 3.8) is 0 Å². The molecule has 0 aliphatic carbocycles. The van der Waals surface area contributed by atoms with Gasteiger partial charge in [0.25, 0.3) is 5.91 Å². The van der Waals surface area contributed by atoms with Gasteiger partial charge in [-0.2, -0.15) is 5.10 Å². The fraction of sp³-hybridized carbons (Fsp3) is 0.381. The fourth-order valence-corrected chi connectivity index (χ4v) is 2.98. The molecule has 26 heavy (non-hydrogen) atoms. The molecule has 5 nitrogen and oxygen atoms in total. The minimum atomic E-state index is -0.128. The first kappa shape index (κ1) is 18.1. The summed E-state index contributed by atoms with van der Waals surface area (Å²) in [6.07, 6.45) is 1.74. The molecular formula is C21H26N4O. The van der Waals surface area contributed by atoms with Crippen molar-refractivity contribution in [2.24, 2.45) is 0 Å². The Hall–Kier alpha value is -2.69. The van der Waals surface area contributed by atoms with Crippen molar-refractivity contribution in [1.29, 1.82) is 0 Å². The highest BCUT2D eigenvalue weighted by Gasteiger charge is 2.19. The molecule has 2 heterocycles. The lowest BCUT2D eigenvalue weighted by molar-refractivity contribution is 0.102. The summed E-state index contributed by atoms with van der Waals surface area (Å²) in [6.45, 7) is 12.3. The minimum Gasteiger partial charge on any atom is -0.322 e. The number of carbonyl (C=O) groups is 1. The van der Waals surface area contributed by atoms with Gasteiger partial charge in [0.05, 0.1) is 17.1 Å². The first-order valence-corrected chi connectivity index (χ1v) is 9.05. The molecule has 0 atom stereocenters. The van der Waals surface area contributed by atoms with Crippen LogP contribution in [-0.2, 0) is 0 Å². The summed E-state index contributed by atoms with van der Waals surface area (Å²) < 4.78 is 1.87. The molecule has 0 spiro atoms. The van der Waals surface area contributed by atoms with Gasteiger partial charge in [-0.25, -0.2) is 9.67 Å². The first-order valence-electron chi connectivity index (χ1n) is 9.05. The van der Waals surface area contributed by atoms with Crippen LogP contribution < -0.4 is 5.32 Å². The Morgan fingerprint density at radius 1 is 1.15 bits per heavy atom. The van der Waals surface area contributed by atoms with Crippen LogP contribution in [0.1, 0.15) is 66.8 Å². The number of anilines is 1. The molecule has 1 amide bonds. The van der Waals surface area contributed by atoms with Gasteiger partial charge in [-0.3, -0.25) is 4.79 Å². The predicted octanol–water partition coefficient (Wildman–Crippen LogP) is 5.00. The van der Waals surface area contributed by atoms with Crippen LogP contribution in [0, 0.1) is 13.8 Å². The topological polar surface area (TPSA) is 59.8 Å². The molecule has 3 aromatic rings. The summed E-state index contributed by atoms with van der Waals surface area (Å²) in [4.78, 5) is 17.8. The quantitative estimate of drug-likeness (QED) is 0.720. The fourth-order valence-electron chi connectivity index (χ4n) is 2.98. The van der Waals surface area contributed by atoms with E-state index in [2.05, 4.69) is 38.1 Å². The zero-order valence-electron chi connectivity index (χ0n) is 16.3. The highest BCUT2D eigenvalue weighted by Crippen LogP contribution is 2.26. The van der Waals surface area contributed by atoms with Gasteiger partial charge in [0.15, 0.2) is 5.65 Å². The van der Waals surface area contributed by atoms with Crippen molar-refractivity contribution >= 4 is 22.6 Å². The van der Waals surface area contributed by atoms with Crippen molar-refractivity contribution in [3.05, 3.63) is 52.8 Å². The van der Waals surface area contributed by atoms with E-state index in [0.717, 1.165) is 33.5 Å². The number of carbonyl (C=O) groups excluding carboxylic acids is 1. The zero-order chi connectivity index (χ0) is 19.0. The monoisotopic (exact) mass is 350 g/mol. The number of hydrogen-bond acceptors (Lipinski definition) is 3. The molecule has 0 aliphatic heterocycles. The van der Waals surface area contributed by atoms with Gasteiger partial charge in [-0.15, -0.1) is 0 Å². The molecule has 0 aliphatic rings. The SMILES string of the molecule is Cc1cccc(NC(=O)c2cc(C(C)C)nc3c2cnn3C(C)C)c1C. The lowest BCUT2D eigenvalue weighted by Crippen LogP contribution is -2.15. The van der Waals surface area contributed by atoms with Crippen molar-refractivity contribution in [2.45, 2.75) is 53.5 Å². The van der Waals surface area contributed by atoms with E-state index in [-0.39, 0.29) is 17.9 Å². The Morgan fingerprint density at radius 3 is 2.54 bits per heavy atom. The number of rotatable bonds is 4. The predicted molar refractivity (Wildman–Crippen MR) is 106 cm³/mol. The molecule has 0 radical (unpaired) electrons. The average Bonchev–Trinajstić information content (AvgIpc) is 3.02. The molecule has 0 fully saturated rings. The molecule has 2 aromatic heterocycles. The maximum absolute atomic E-state index is 13.1. The van der Waals surface area contributed by atoms with Crippen LogP contribution in [0.25, 0.3) is 11.0 Å². The Bertz CT molecular complexity index is 970. The number of nitrogens with one attached hydrogen (secondary N) is 1. The van der Waals surface area contributed by atoms with E-state index in [0.29, 0.717) is 5.56 Å². The Morgan fingerprint density at radius 2 is 1.88 bits per heavy atom. The summed E-state index contributed by atoms with van der Waals surface area (Å²) in [5, 5.41) is 8.29. The molecule has 0 saturated heterocycles. The second-order valence-electron chi connectivity index (χ2n) is 7.37. The zero-order valence-corrected chi connectivity index (χ0v) is 16.3. The summed E-state index contributed by atoms with van der Waals surface area (Å²) in [5.41, 5.74) is 5.34. The lowest BCUT2D eigenvalue weighted by atomic mass is 10.0. The van der Waals surface area contributed by atoms with Gasteiger partial charge in [0.1, 0.15) is 0 Å². The van der Waals surface area contributed by atoms with Crippen LogP contribution in [0.5, 0.6) is 0 Å². The summed E-state index contributed by atoms with van der Waals surface area (Å²) in [7, 11) is 0. The van der Waals surface area contributed by atoms with E-state index in [1.165, 1.54) is 0 Å². The van der Waals surface area contributed by atoms with Crippen molar-refractivity contribution < 1.29 is 4.79 Å². The van der Waals surface area contributed by atoms with Crippen LogP contribution in [0.2, 0.25) is 0 Å². The minimum absolute atomic E-state index is 0.128. The van der Waals surface area contributed by atoms with E-state index >= 15 is 0 Å². The van der Waals surface area contributed by atoms with Gasteiger partial charge < -0.3 is 5.32 Å². The number of benzene rings is 1. The normalized spacial score (nSPS) is 11.5. The molecule has 1 N–H and O–H groups in total. The Labute approximate surface area is 154 Å². The average molecular weight is 350 g/mol. The van der Waals surface area contributed by atoms with E-state index in [1.54, 1.807) is 6.20 Å². The number of aromatic nitrogens is 3. The molecular weight excluding hydrogens is 324 g/mol. The van der Waals surface area contributed by atoms with Crippen LogP contribution in [0.15, 0.2) is 30.5 Å². The number of hydrogen-bond donors (Lipinski definition) is 1. The molecule has 136 valence electrons. The number of aryl methyl sites for hydroxylation is 1. The molecule has 0 saturated carbocycles. The van der Waals surface area contributed by atoms with Crippen LogP contribution in [0.3, 0.4) is 0 Å². The third-order valence-electron chi connectivity index (χ3n) is 4.76. The third kappa shape index (κ3) is 3.21. The van der Waals surface area contributed by atoms with E-state index in [4.69, 9.17) is 4.98 Å². The van der Waals surface area contributed by atoms with Gasteiger partial charge in [-0.05, 0) is 56.9 Å². The van der Waals surface area contributed by atoms with Gasteiger partial charge in [-0.1, -0.05) is 26.0 Å². The summed E-state index contributed by atoms with van der Waals surface area (Å²) >= 11 is 0. The molecule has 3 rings (SSSR count). The van der Waals surface area contributed by atoms with Crippen molar-refractivity contribution in [1.82, 2.24) is 14.8 Å². The highest BCUT2D eigenvalue weighted by atomic mass is 16.1. The largest absolute Gasteiger partial charge is 0.322 e. The van der Waals surface area contributed by atoms with Crippen molar-refractivity contribution in [2.75, 3.05) is 5.32 Å². The van der Waals surface area contributed by atoms with Gasteiger partial charge in [0, 0.05) is 17.4 Å². The van der Waals surface area contributed by atoms with Gasteiger partial charge >= 0.3 is 0 Å². The Kier molecular flexibility index (Phi) is 4.81. The van der Waals surface area contributed by atoms with Gasteiger partial charge in [0.2, 0.25) is 0 Å². The number of pyridine rings is 1. The molecule has 0 bridgehead atoms. The number of amides is 1. The van der Waals surface area contributed by atoms with Crippen molar-refractivity contribution in [3.8, 4) is 0 Å². The maximum atomic E-state index is 13.1. The van der Waals surface area contributed by atoms with E-state index in [1.807, 2.05) is 42.8 Å². The second-order valence-corrected chi connectivity index (χ2v) is 7.37. The lowest BCUT2D eigenvalue weighted by Gasteiger charge is -2.14. The summed E-state index contributed by atoms with van der Waals surface area (Å²) in [6, 6.07) is 7.99. The van der Waals surface area contributed by atoms with Crippen LogP contribution in [0.4, 0.5) is 5.69 Å². The van der Waals surface area contributed by atoms with Crippen LogP contribution >= 0.6 is 0 Å². The number of fused-ring (bicyclic) bond motifs is 1. The number of nitrogens with zero attached hydrogens (tertiary/aromatic N) is 3. The molecule has 5 heteroatoms.